The second-order valence-electron chi connectivity index (χ2n) is 11.0. The SMILES string of the molecule is CC(NCCC[C@H](NC(=O)c1ccc(CNCc2ncc[nH]2)cc1)C(=O)N[C@@H](C)c1cccc2ccccc12)c1ncc[nH]1. The first kappa shape index (κ1) is 30.7. The maximum Gasteiger partial charge on any atom is 0.251 e. The third-order valence-corrected chi connectivity index (χ3v) is 7.71. The first-order valence-corrected chi connectivity index (χ1v) is 15.1. The molecule has 0 bridgehead atoms. The number of benzene rings is 3. The summed E-state index contributed by atoms with van der Waals surface area (Å²) in [6, 6.07) is 20.8. The van der Waals surface area contributed by atoms with Gasteiger partial charge in [-0.15, -0.1) is 0 Å². The van der Waals surface area contributed by atoms with Gasteiger partial charge in [0.1, 0.15) is 17.7 Å². The third-order valence-electron chi connectivity index (χ3n) is 7.71. The van der Waals surface area contributed by atoms with Crippen molar-refractivity contribution >= 4 is 22.6 Å². The quantitative estimate of drug-likeness (QED) is 0.0976. The van der Waals surface area contributed by atoms with E-state index >= 15 is 0 Å². The minimum Gasteiger partial charge on any atom is -0.348 e. The van der Waals surface area contributed by atoms with E-state index in [1.165, 1.54) is 0 Å². The number of fused-ring (bicyclic) bond motifs is 1. The van der Waals surface area contributed by atoms with Crippen molar-refractivity contribution in [3.8, 4) is 0 Å². The van der Waals surface area contributed by atoms with Gasteiger partial charge >= 0.3 is 0 Å². The molecule has 0 spiro atoms. The maximum atomic E-state index is 13.6. The standard InChI is InChI=1S/C34H40N8O2/c1-23(28-10-5-8-26-7-3-4-9-29(26)28)41-34(44)30(11-6-16-36-24(2)32-39-19-20-40-32)42-33(43)27-14-12-25(13-15-27)21-35-22-31-37-17-18-38-31/h3-5,7-10,12-15,17-20,23-24,30,35-36H,6,11,16,21-22H2,1-2H3,(H,37,38)(H,39,40)(H,41,44)(H,42,43)/t23-,24?,30-/m0/s1. The fourth-order valence-corrected chi connectivity index (χ4v) is 5.26. The van der Waals surface area contributed by atoms with E-state index in [0.717, 1.165) is 33.5 Å². The summed E-state index contributed by atoms with van der Waals surface area (Å²) in [5, 5.41) is 15.1. The van der Waals surface area contributed by atoms with E-state index in [2.05, 4.69) is 59.4 Å². The molecule has 0 aliphatic rings. The van der Waals surface area contributed by atoms with Crippen molar-refractivity contribution in [2.75, 3.05) is 6.54 Å². The van der Waals surface area contributed by atoms with Gasteiger partial charge in [-0.25, -0.2) is 9.97 Å². The molecule has 10 heteroatoms. The summed E-state index contributed by atoms with van der Waals surface area (Å²) in [4.78, 5) is 41.7. The fraction of sp³-hybridized carbons (Fsp3) is 0.294. The Balaban J connectivity index is 1.21. The van der Waals surface area contributed by atoms with E-state index in [0.29, 0.717) is 38.0 Å². The van der Waals surface area contributed by atoms with Crippen molar-refractivity contribution in [2.24, 2.45) is 0 Å². The van der Waals surface area contributed by atoms with Gasteiger partial charge < -0.3 is 31.2 Å². The molecule has 0 aliphatic heterocycles. The molecule has 2 amide bonds. The smallest absolute Gasteiger partial charge is 0.251 e. The van der Waals surface area contributed by atoms with E-state index in [-0.39, 0.29) is 23.9 Å². The van der Waals surface area contributed by atoms with Crippen LogP contribution in [0.25, 0.3) is 10.8 Å². The zero-order valence-electron chi connectivity index (χ0n) is 25.1. The van der Waals surface area contributed by atoms with Gasteiger partial charge in [0.25, 0.3) is 5.91 Å². The Bertz CT molecular complexity index is 1610. The molecular weight excluding hydrogens is 552 g/mol. The van der Waals surface area contributed by atoms with Gasteiger partial charge in [-0.05, 0) is 67.3 Å². The van der Waals surface area contributed by atoms with E-state index in [1.807, 2.05) is 50.2 Å². The maximum absolute atomic E-state index is 13.6. The highest BCUT2D eigenvalue weighted by atomic mass is 16.2. The van der Waals surface area contributed by atoms with Crippen molar-refractivity contribution in [3.05, 3.63) is 120 Å². The molecule has 0 saturated heterocycles. The summed E-state index contributed by atoms with van der Waals surface area (Å²) in [5.41, 5.74) is 2.58. The largest absolute Gasteiger partial charge is 0.348 e. The second kappa shape index (κ2) is 15.1. The zero-order valence-corrected chi connectivity index (χ0v) is 25.1. The van der Waals surface area contributed by atoms with Crippen LogP contribution in [-0.2, 0) is 17.9 Å². The Kier molecular flexibility index (Phi) is 10.5. The summed E-state index contributed by atoms with van der Waals surface area (Å²) in [6.07, 6.45) is 8.20. The van der Waals surface area contributed by atoms with Crippen LogP contribution in [0.4, 0.5) is 0 Å². The summed E-state index contributed by atoms with van der Waals surface area (Å²) < 4.78 is 0. The Hall–Kier alpha value is -4.80. The Morgan fingerprint density at radius 2 is 1.59 bits per heavy atom. The number of H-pyrrole nitrogens is 2. The molecule has 1 unspecified atom stereocenters. The lowest BCUT2D eigenvalue weighted by molar-refractivity contribution is -0.123. The minimum absolute atomic E-state index is 0.0466. The molecule has 3 aromatic carbocycles. The molecule has 5 rings (SSSR count). The molecule has 228 valence electrons. The lowest BCUT2D eigenvalue weighted by Gasteiger charge is -2.23. The predicted octanol–water partition coefficient (Wildman–Crippen LogP) is 4.68. The number of amides is 2. The average Bonchev–Trinajstić information content (AvgIpc) is 3.78. The van der Waals surface area contributed by atoms with Crippen LogP contribution in [0.2, 0.25) is 0 Å². The van der Waals surface area contributed by atoms with Crippen LogP contribution in [0.5, 0.6) is 0 Å². The van der Waals surface area contributed by atoms with E-state index < -0.39 is 6.04 Å². The minimum atomic E-state index is -0.699. The Labute approximate surface area is 257 Å². The number of aromatic nitrogens is 4. The highest BCUT2D eigenvalue weighted by Crippen LogP contribution is 2.24. The van der Waals surface area contributed by atoms with Gasteiger partial charge in [0.2, 0.25) is 5.91 Å². The fourth-order valence-electron chi connectivity index (χ4n) is 5.26. The molecule has 10 nitrogen and oxygen atoms in total. The topological polar surface area (TPSA) is 140 Å². The van der Waals surface area contributed by atoms with Gasteiger partial charge in [-0.2, -0.15) is 0 Å². The number of nitrogens with zero attached hydrogens (tertiary/aromatic N) is 2. The molecule has 0 aliphatic carbocycles. The van der Waals surface area contributed by atoms with Crippen LogP contribution in [-0.4, -0.2) is 44.3 Å². The average molecular weight is 593 g/mol. The molecule has 6 N–H and O–H groups in total. The van der Waals surface area contributed by atoms with Crippen LogP contribution >= 0.6 is 0 Å². The number of aromatic amines is 2. The number of carbonyl (C=O) groups is 2. The molecule has 0 radical (unpaired) electrons. The molecule has 3 atom stereocenters. The van der Waals surface area contributed by atoms with Crippen LogP contribution < -0.4 is 21.3 Å². The lowest BCUT2D eigenvalue weighted by atomic mass is 9.99. The number of carbonyl (C=O) groups excluding carboxylic acids is 2. The van der Waals surface area contributed by atoms with Crippen molar-refractivity contribution in [3.63, 3.8) is 0 Å². The summed E-state index contributed by atoms with van der Waals surface area (Å²) in [5.74, 6) is 1.23. The number of nitrogens with one attached hydrogen (secondary N) is 6. The van der Waals surface area contributed by atoms with Crippen molar-refractivity contribution in [1.29, 1.82) is 0 Å². The predicted molar refractivity (Wildman–Crippen MR) is 172 cm³/mol. The molecule has 0 saturated carbocycles. The number of hydrogen-bond acceptors (Lipinski definition) is 6. The van der Waals surface area contributed by atoms with E-state index in [4.69, 9.17) is 0 Å². The van der Waals surface area contributed by atoms with Crippen LogP contribution in [0, 0.1) is 0 Å². The molecular formula is C34H40N8O2. The number of rotatable bonds is 15. The van der Waals surface area contributed by atoms with E-state index in [1.54, 1.807) is 36.9 Å². The van der Waals surface area contributed by atoms with Crippen molar-refractivity contribution < 1.29 is 9.59 Å². The molecule has 2 aromatic heterocycles. The lowest BCUT2D eigenvalue weighted by Crippen LogP contribution is -2.47. The van der Waals surface area contributed by atoms with Crippen LogP contribution in [0.1, 0.15) is 71.9 Å². The van der Waals surface area contributed by atoms with Gasteiger partial charge in [-0.1, -0.05) is 54.6 Å². The zero-order chi connectivity index (χ0) is 30.7. The third kappa shape index (κ3) is 8.18. The second-order valence-corrected chi connectivity index (χ2v) is 11.0. The summed E-state index contributed by atoms with van der Waals surface area (Å²) in [6.45, 7) is 5.94. The summed E-state index contributed by atoms with van der Waals surface area (Å²) >= 11 is 0. The highest BCUT2D eigenvalue weighted by molar-refractivity contribution is 5.97. The highest BCUT2D eigenvalue weighted by Gasteiger charge is 2.24. The molecule has 5 aromatic rings. The van der Waals surface area contributed by atoms with Crippen LogP contribution in [0.15, 0.2) is 91.5 Å². The molecule has 2 heterocycles. The van der Waals surface area contributed by atoms with Crippen molar-refractivity contribution in [2.45, 2.75) is 57.9 Å². The number of hydrogen-bond donors (Lipinski definition) is 6. The number of imidazole rings is 2. The first-order valence-electron chi connectivity index (χ1n) is 15.1. The van der Waals surface area contributed by atoms with E-state index in [9.17, 15) is 9.59 Å². The van der Waals surface area contributed by atoms with Gasteiger partial charge in [0.15, 0.2) is 0 Å². The summed E-state index contributed by atoms with van der Waals surface area (Å²) in [7, 11) is 0. The van der Waals surface area contributed by atoms with Gasteiger partial charge in [-0.3, -0.25) is 9.59 Å². The van der Waals surface area contributed by atoms with Crippen LogP contribution in [0.3, 0.4) is 0 Å². The Morgan fingerprint density at radius 3 is 2.36 bits per heavy atom. The molecule has 0 fully saturated rings. The van der Waals surface area contributed by atoms with Gasteiger partial charge in [0.05, 0.1) is 18.6 Å². The monoisotopic (exact) mass is 592 g/mol. The Morgan fingerprint density at radius 1 is 0.818 bits per heavy atom. The van der Waals surface area contributed by atoms with Crippen molar-refractivity contribution in [1.82, 2.24) is 41.2 Å². The normalized spacial score (nSPS) is 13.3. The van der Waals surface area contributed by atoms with Gasteiger partial charge in [0, 0.05) is 36.9 Å². The molecule has 44 heavy (non-hydrogen) atoms. The first-order chi connectivity index (χ1) is 21.5.